The second-order valence-corrected chi connectivity index (χ2v) is 6.46. The zero-order valence-corrected chi connectivity index (χ0v) is 11.8. The van der Waals surface area contributed by atoms with Gasteiger partial charge in [-0.05, 0) is 26.9 Å². The molecule has 100 valence electrons. The first-order valence-electron chi connectivity index (χ1n) is 6.55. The maximum Gasteiger partial charge on any atom is 0.131 e. The topological polar surface area (TPSA) is 41.5 Å². The highest BCUT2D eigenvalue weighted by Crippen LogP contribution is 2.23. The van der Waals surface area contributed by atoms with Crippen molar-refractivity contribution in [2.45, 2.75) is 32.0 Å². The number of likely N-dealkylation sites (N-methyl/N-ethyl adjacent to an activating group) is 1. The zero-order chi connectivity index (χ0) is 12.5. The third kappa shape index (κ3) is 2.56. The minimum atomic E-state index is 0.367. The summed E-state index contributed by atoms with van der Waals surface area (Å²) in [5, 5.41) is 10.4. The molecule has 0 aliphatic carbocycles. The van der Waals surface area contributed by atoms with Crippen molar-refractivity contribution in [3.63, 3.8) is 0 Å². The van der Waals surface area contributed by atoms with Crippen LogP contribution < -0.4 is 0 Å². The Labute approximate surface area is 112 Å². The van der Waals surface area contributed by atoms with Gasteiger partial charge in [-0.3, -0.25) is 9.80 Å². The molecule has 1 aromatic rings. The van der Waals surface area contributed by atoms with E-state index in [9.17, 15) is 0 Å². The average Bonchev–Trinajstić information content (AvgIpc) is 2.75. The van der Waals surface area contributed by atoms with E-state index in [1.165, 1.54) is 13.0 Å². The summed E-state index contributed by atoms with van der Waals surface area (Å²) < 4.78 is 5.91. The van der Waals surface area contributed by atoms with Gasteiger partial charge in [0.15, 0.2) is 0 Å². The van der Waals surface area contributed by atoms with Gasteiger partial charge < -0.3 is 4.74 Å². The molecule has 6 heteroatoms. The summed E-state index contributed by atoms with van der Waals surface area (Å²) in [4.78, 5) is 4.89. The summed E-state index contributed by atoms with van der Waals surface area (Å²) in [7, 11) is 2.18. The maximum absolute atomic E-state index is 5.91. The number of fused-ring (bicyclic) bond motifs is 2. The van der Waals surface area contributed by atoms with Crippen LogP contribution in [-0.4, -0.2) is 65.4 Å². The molecule has 0 spiro atoms. The standard InChI is InChI=1S/C12H20N4OS/c1-9-13-14-12(18-9)8-15(2)10-3-4-16-5-6-17-11(10)7-16/h10-11H,3-8H2,1-2H3. The van der Waals surface area contributed by atoms with Crippen molar-refractivity contribution in [1.82, 2.24) is 20.0 Å². The Bertz CT molecular complexity index is 411. The van der Waals surface area contributed by atoms with E-state index >= 15 is 0 Å². The fraction of sp³-hybridized carbons (Fsp3) is 0.833. The number of nitrogens with zero attached hydrogens (tertiary/aromatic N) is 4. The highest BCUT2D eigenvalue weighted by Gasteiger charge is 2.35. The Morgan fingerprint density at radius 2 is 2.33 bits per heavy atom. The van der Waals surface area contributed by atoms with Crippen LogP contribution in [0.1, 0.15) is 16.4 Å². The van der Waals surface area contributed by atoms with Crippen LogP contribution in [0.3, 0.4) is 0 Å². The van der Waals surface area contributed by atoms with Gasteiger partial charge in [-0.1, -0.05) is 0 Å². The number of aromatic nitrogens is 2. The summed E-state index contributed by atoms with van der Waals surface area (Å²) in [5.41, 5.74) is 0. The van der Waals surface area contributed by atoms with Crippen LogP contribution in [-0.2, 0) is 11.3 Å². The van der Waals surface area contributed by atoms with E-state index in [1.807, 2.05) is 6.92 Å². The summed E-state index contributed by atoms with van der Waals surface area (Å²) in [6, 6.07) is 0.519. The van der Waals surface area contributed by atoms with Crippen LogP contribution in [0.2, 0.25) is 0 Å². The lowest BCUT2D eigenvalue weighted by Crippen LogP contribution is -2.57. The summed E-state index contributed by atoms with van der Waals surface area (Å²) in [6.45, 7) is 7.16. The molecular formula is C12H20N4OS. The molecule has 3 rings (SSSR count). The van der Waals surface area contributed by atoms with Crippen LogP contribution in [0.5, 0.6) is 0 Å². The quantitative estimate of drug-likeness (QED) is 0.809. The molecule has 0 saturated carbocycles. The first-order chi connectivity index (χ1) is 8.72. The molecule has 2 fully saturated rings. The molecule has 2 aliphatic rings. The van der Waals surface area contributed by atoms with Crippen LogP contribution in [0.4, 0.5) is 0 Å². The summed E-state index contributed by atoms with van der Waals surface area (Å²) >= 11 is 1.69. The third-order valence-corrected chi connectivity index (χ3v) is 4.69. The molecule has 18 heavy (non-hydrogen) atoms. The Kier molecular flexibility index (Phi) is 3.61. The fourth-order valence-corrected chi connectivity index (χ4v) is 3.68. The molecule has 1 aromatic heterocycles. The Hall–Kier alpha value is -0.560. The molecule has 0 aromatic carbocycles. The SMILES string of the molecule is Cc1nnc(CN(C)C2CCN3CCOC2C3)s1. The highest BCUT2D eigenvalue weighted by atomic mass is 32.1. The van der Waals surface area contributed by atoms with Crippen molar-refractivity contribution in [2.24, 2.45) is 0 Å². The first kappa shape index (κ1) is 12.5. The Balaban J connectivity index is 1.63. The van der Waals surface area contributed by atoms with Crippen LogP contribution in [0.25, 0.3) is 0 Å². The molecule has 2 aliphatic heterocycles. The van der Waals surface area contributed by atoms with Gasteiger partial charge in [-0.15, -0.1) is 21.5 Å². The molecule has 5 nitrogen and oxygen atoms in total. The van der Waals surface area contributed by atoms with E-state index in [4.69, 9.17) is 4.74 Å². The molecule has 3 unspecified atom stereocenters. The van der Waals surface area contributed by atoms with Gasteiger partial charge in [0, 0.05) is 19.1 Å². The third-order valence-electron chi connectivity index (χ3n) is 3.87. The fourth-order valence-electron chi connectivity index (χ4n) is 2.90. The van der Waals surface area contributed by atoms with Gasteiger partial charge in [0.1, 0.15) is 10.0 Å². The van der Waals surface area contributed by atoms with Crippen molar-refractivity contribution < 1.29 is 4.74 Å². The van der Waals surface area contributed by atoms with Gasteiger partial charge in [0.2, 0.25) is 0 Å². The first-order valence-corrected chi connectivity index (χ1v) is 7.37. The molecule has 3 heterocycles. The summed E-state index contributed by atoms with van der Waals surface area (Å²) in [5.74, 6) is 0. The highest BCUT2D eigenvalue weighted by molar-refractivity contribution is 7.11. The predicted octanol–water partition coefficient (Wildman–Crippen LogP) is 0.751. The Morgan fingerprint density at radius 3 is 3.11 bits per heavy atom. The molecule has 0 N–H and O–H groups in total. The number of piperidine rings is 1. The number of ether oxygens (including phenoxy) is 1. The van der Waals surface area contributed by atoms with Gasteiger partial charge in [0.25, 0.3) is 0 Å². The van der Waals surface area contributed by atoms with Crippen LogP contribution in [0.15, 0.2) is 0 Å². The van der Waals surface area contributed by atoms with Crippen molar-refractivity contribution >= 4 is 11.3 Å². The van der Waals surface area contributed by atoms with E-state index in [2.05, 4.69) is 27.0 Å². The number of hydrogen-bond acceptors (Lipinski definition) is 6. The van der Waals surface area contributed by atoms with Crippen molar-refractivity contribution in [1.29, 1.82) is 0 Å². The minimum Gasteiger partial charge on any atom is -0.374 e. The smallest absolute Gasteiger partial charge is 0.131 e. The van der Waals surface area contributed by atoms with E-state index in [0.717, 1.165) is 36.3 Å². The molecule has 0 radical (unpaired) electrons. The molecule has 2 bridgehead atoms. The largest absolute Gasteiger partial charge is 0.374 e. The predicted molar refractivity (Wildman–Crippen MR) is 70.7 cm³/mol. The number of morpholine rings is 1. The number of aryl methyl sites for hydroxylation is 1. The Morgan fingerprint density at radius 1 is 1.44 bits per heavy atom. The second kappa shape index (κ2) is 5.21. The lowest BCUT2D eigenvalue weighted by atomic mass is 9.99. The lowest BCUT2D eigenvalue weighted by Gasteiger charge is -2.45. The van der Waals surface area contributed by atoms with Crippen LogP contribution in [0, 0.1) is 6.92 Å². The van der Waals surface area contributed by atoms with Crippen molar-refractivity contribution in [2.75, 3.05) is 33.3 Å². The molecule has 2 saturated heterocycles. The van der Waals surface area contributed by atoms with Crippen molar-refractivity contribution in [3.05, 3.63) is 10.0 Å². The maximum atomic E-state index is 5.91. The van der Waals surface area contributed by atoms with Gasteiger partial charge in [0.05, 0.1) is 19.3 Å². The van der Waals surface area contributed by atoms with Gasteiger partial charge in [-0.25, -0.2) is 0 Å². The average molecular weight is 268 g/mol. The van der Waals surface area contributed by atoms with E-state index < -0.39 is 0 Å². The van der Waals surface area contributed by atoms with E-state index in [1.54, 1.807) is 11.3 Å². The zero-order valence-electron chi connectivity index (χ0n) is 11.0. The molecule has 3 atom stereocenters. The van der Waals surface area contributed by atoms with Gasteiger partial charge >= 0.3 is 0 Å². The molecular weight excluding hydrogens is 248 g/mol. The second-order valence-electron chi connectivity index (χ2n) is 5.20. The van der Waals surface area contributed by atoms with Crippen molar-refractivity contribution in [3.8, 4) is 0 Å². The summed E-state index contributed by atoms with van der Waals surface area (Å²) in [6.07, 6.45) is 1.56. The van der Waals surface area contributed by atoms with Crippen LogP contribution >= 0.6 is 11.3 Å². The van der Waals surface area contributed by atoms with Gasteiger partial charge in [-0.2, -0.15) is 0 Å². The van der Waals surface area contributed by atoms with E-state index in [0.29, 0.717) is 12.1 Å². The lowest BCUT2D eigenvalue weighted by molar-refractivity contribution is -0.0971. The number of hydrogen-bond donors (Lipinski definition) is 0. The minimum absolute atomic E-state index is 0.367. The van der Waals surface area contributed by atoms with E-state index in [-0.39, 0.29) is 0 Å². The monoisotopic (exact) mass is 268 g/mol. The number of rotatable bonds is 3. The normalized spacial score (nSPS) is 31.8. The molecule has 0 amide bonds.